The van der Waals surface area contributed by atoms with Gasteiger partial charge >= 0.3 is 0 Å². The van der Waals surface area contributed by atoms with Crippen molar-refractivity contribution in [3.8, 4) is 0 Å². The van der Waals surface area contributed by atoms with Crippen molar-refractivity contribution in [1.82, 2.24) is 4.98 Å². The van der Waals surface area contributed by atoms with Crippen molar-refractivity contribution in [3.63, 3.8) is 0 Å². The summed E-state index contributed by atoms with van der Waals surface area (Å²) in [6, 6.07) is 0. The van der Waals surface area contributed by atoms with Gasteiger partial charge < -0.3 is 4.74 Å². The van der Waals surface area contributed by atoms with Gasteiger partial charge in [0.1, 0.15) is 0 Å². The van der Waals surface area contributed by atoms with E-state index >= 15 is 0 Å². The Morgan fingerprint density at radius 2 is 2.64 bits per heavy atom. The molecule has 1 saturated heterocycles. The molecule has 0 aromatic carbocycles. The summed E-state index contributed by atoms with van der Waals surface area (Å²) in [6.45, 7) is 3.00. The van der Waals surface area contributed by atoms with Crippen LogP contribution in [0, 0.1) is 6.92 Å². The van der Waals surface area contributed by atoms with Crippen molar-refractivity contribution in [1.29, 1.82) is 0 Å². The van der Waals surface area contributed by atoms with Crippen LogP contribution in [0.25, 0.3) is 0 Å². The Morgan fingerprint density at radius 3 is 3.18 bits per heavy atom. The molecule has 0 bridgehead atoms. The summed E-state index contributed by atoms with van der Waals surface area (Å²) in [5.41, 5.74) is 1.14. The molecule has 0 amide bonds. The van der Waals surface area contributed by atoms with E-state index in [0.29, 0.717) is 6.10 Å². The summed E-state index contributed by atoms with van der Waals surface area (Å²) in [7, 11) is 0. The van der Waals surface area contributed by atoms with Gasteiger partial charge in [-0.25, -0.2) is 4.98 Å². The third-order valence-electron chi connectivity index (χ3n) is 1.75. The Morgan fingerprint density at radius 1 is 1.82 bits per heavy atom. The number of hydrogen-bond donors (Lipinski definition) is 0. The number of thiazole rings is 1. The van der Waals surface area contributed by atoms with Crippen LogP contribution in [0.2, 0.25) is 0 Å². The van der Waals surface area contributed by atoms with Crippen LogP contribution in [-0.2, 0) is 11.2 Å². The number of aryl methyl sites for hydroxylation is 2. The Kier molecular flexibility index (Phi) is 1.92. The number of hydrogen-bond acceptors (Lipinski definition) is 3. The zero-order valence-corrected chi connectivity index (χ0v) is 7.36. The zero-order valence-electron chi connectivity index (χ0n) is 6.54. The van der Waals surface area contributed by atoms with Gasteiger partial charge in [0, 0.05) is 17.5 Å². The van der Waals surface area contributed by atoms with Gasteiger partial charge in [0.25, 0.3) is 0 Å². The van der Waals surface area contributed by atoms with Crippen molar-refractivity contribution >= 4 is 11.3 Å². The Hall–Kier alpha value is -0.410. The maximum Gasteiger partial charge on any atom is 0.0929 e. The first-order valence-electron chi connectivity index (χ1n) is 3.87. The molecule has 2 heterocycles. The van der Waals surface area contributed by atoms with Gasteiger partial charge in [-0.1, -0.05) is 0 Å². The van der Waals surface area contributed by atoms with Crippen LogP contribution in [-0.4, -0.2) is 17.7 Å². The molecule has 60 valence electrons. The zero-order chi connectivity index (χ0) is 7.68. The number of rotatable bonds is 3. The van der Waals surface area contributed by atoms with Crippen LogP contribution >= 0.6 is 11.3 Å². The standard InChI is InChI=1S/C8H11NOS/c1-6-5-11-8(9-6)3-2-7-4-10-7/h5,7H,2-4H2,1H3. The summed E-state index contributed by atoms with van der Waals surface area (Å²) < 4.78 is 5.11. The molecular formula is C8H11NOS. The quantitative estimate of drug-likeness (QED) is 0.644. The SMILES string of the molecule is Cc1csc(CCC2CO2)n1. The van der Waals surface area contributed by atoms with Crippen molar-refractivity contribution in [3.05, 3.63) is 16.1 Å². The van der Waals surface area contributed by atoms with E-state index < -0.39 is 0 Å². The van der Waals surface area contributed by atoms with Crippen molar-refractivity contribution in [2.24, 2.45) is 0 Å². The largest absolute Gasteiger partial charge is 0.373 e. The highest BCUT2D eigenvalue weighted by Crippen LogP contribution is 2.18. The van der Waals surface area contributed by atoms with E-state index in [4.69, 9.17) is 4.74 Å². The molecule has 0 N–H and O–H groups in total. The van der Waals surface area contributed by atoms with E-state index in [9.17, 15) is 0 Å². The van der Waals surface area contributed by atoms with Gasteiger partial charge in [0.15, 0.2) is 0 Å². The van der Waals surface area contributed by atoms with Crippen molar-refractivity contribution in [2.45, 2.75) is 25.9 Å². The summed E-state index contributed by atoms with van der Waals surface area (Å²) in [5, 5.41) is 3.35. The van der Waals surface area contributed by atoms with Gasteiger partial charge in [0.05, 0.1) is 17.7 Å². The number of epoxide rings is 1. The van der Waals surface area contributed by atoms with E-state index in [1.54, 1.807) is 11.3 Å². The molecule has 1 unspecified atom stereocenters. The summed E-state index contributed by atoms with van der Waals surface area (Å²) in [4.78, 5) is 4.37. The lowest BCUT2D eigenvalue weighted by atomic mass is 10.2. The molecule has 2 nitrogen and oxygen atoms in total. The smallest absolute Gasteiger partial charge is 0.0929 e. The Balaban J connectivity index is 1.85. The fourth-order valence-electron chi connectivity index (χ4n) is 1.04. The van der Waals surface area contributed by atoms with E-state index in [-0.39, 0.29) is 0 Å². The Bertz CT molecular complexity index is 242. The molecule has 1 aromatic rings. The van der Waals surface area contributed by atoms with E-state index in [1.807, 2.05) is 6.92 Å². The van der Waals surface area contributed by atoms with Crippen molar-refractivity contribution < 1.29 is 4.74 Å². The van der Waals surface area contributed by atoms with E-state index in [1.165, 1.54) is 5.01 Å². The maximum atomic E-state index is 5.11. The molecule has 0 spiro atoms. The second kappa shape index (κ2) is 2.91. The molecule has 0 aliphatic carbocycles. The van der Waals surface area contributed by atoms with Crippen LogP contribution in [0.5, 0.6) is 0 Å². The minimum atomic E-state index is 0.541. The molecule has 1 fully saturated rings. The first-order valence-corrected chi connectivity index (χ1v) is 4.75. The predicted molar refractivity (Wildman–Crippen MR) is 44.9 cm³/mol. The minimum Gasteiger partial charge on any atom is -0.373 e. The van der Waals surface area contributed by atoms with Crippen molar-refractivity contribution in [2.75, 3.05) is 6.61 Å². The topological polar surface area (TPSA) is 25.4 Å². The molecule has 1 aliphatic heterocycles. The number of aromatic nitrogens is 1. The fraction of sp³-hybridized carbons (Fsp3) is 0.625. The number of nitrogens with zero attached hydrogens (tertiary/aromatic N) is 1. The van der Waals surface area contributed by atoms with Gasteiger partial charge in [-0.05, 0) is 13.3 Å². The molecule has 3 heteroatoms. The van der Waals surface area contributed by atoms with Gasteiger partial charge in [-0.2, -0.15) is 0 Å². The molecule has 2 rings (SSSR count). The average Bonchev–Trinajstić information content (AvgIpc) is 2.72. The van der Waals surface area contributed by atoms with Crippen LogP contribution in [0.4, 0.5) is 0 Å². The highest BCUT2D eigenvalue weighted by molar-refractivity contribution is 7.09. The summed E-state index contributed by atoms with van der Waals surface area (Å²) >= 11 is 1.75. The molecular weight excluding hydrogens is 158 g/mol. The summed E-state index contributed by atoms with van der Waals surface area (Å²) in [6.07, 6.45) is 2.77. The lowest BCUT2D eigenvalue weighted by molar-refractivity contribution is 0.396. The van der Waals surface area contributed by atoms with Crippen LogP contribution in [0.1, 0.15) is 17.1 Å². The predicted octanol–water partition coefficient (Wildman–Crippen LogP) is 1.78. The highest BCUT2D eigenvalue weighted by atomic mass is 32.1. The molecule has 11 heavy (non-hydrogen) atoms. The van der Waals surface area contributed by atoms with Gasteiger partial charge in [0.2, 0.25) is 0 Å². The fourth-order valence-corrected chi connectivity index (χ4v) is 1.83. The maximum absolute atomic E-state index is 5.11. The highest BCUT2D eigenvalue weighted by Gasteiger charge is 2.21. The van der Waals surface area contributed by atoms with Gasteiger partial charge in [-0.15, -0.1) is 11.3 Å². The Labute approximate surface area is 70.2 Å². The minimum absolute atomic E-state index is 0.541. The molecule has 1 aliphatic rings. The first-order chi connectivity index (χ1) is 5.34. The van der Waals surface area contributed by atoms with E-state index in [2.05, 4.69) is 10.4 Å². The third kappa shape index (κ3) is 2.01. The van der Waals surface area contributed by atoms with E-state index in [0.717, 1.165) is 25.1 Å². The molecule has 0 saturated carbocycles. The monoisotopic (exact) mass is 169 g/mol. The lowest BCUT2D eigenvalue weighted by Crippen LogP contribution is -1.90. The average molecular weight is 169 g/mol. The normalized spacial score (nSPS) is 22.1. The third-order valence-corrected chi connectivity index (χ3v) is 2.78. The van der Waals surface area contributed by atoms with Crippen LogP contribution < -0.4 is 0 Å². The molecule has 1 aromatic heterocycles. The van der Waals surface area contributed by atoms with Crippen LogP contribution in [0.15, 0.2) is 5.38 Å². The summed E-state index contributed by atoms with van der Waals surface area (Å²) in [5.74, 6) is 0. The first kappa shape index (κ1) is 7.25. The number of ether oxygens (including phenoxy) is 1. The molecule has 0 radical (unpaired) electrons. The lowest BCUT2D eigenvalue weighted by Gasteiger charge is -1.89. The molecule has 1 atom stereocenters. The second-order valence-corrected chi connectivity index (χ2v) is 3.82. The van der Waals surface area contributed by atoms with Crippen LogP contribution in [0.3, 0.4) is 0 Å². The second-order valence-electron chi connectivity index (χ2n) is 2.88. The van der Waals surface area contributed by atoms with Gasteiger partial charge in [-0.3, -0.25) is 0 Å².